The number of esters is 1. The van der Waals surface area contributed by atoms with E-state index in [2.05, 4.69) is 9.97 Å². The lowest BCUT2D eigenvalue weighted by Crippen LogP contribution is -2.15. The Labute approximate surface area is 177 Å². The number of carbonyl (C=O) groups excluding carboxylic acids is 1. The summed E-state index contributed by atoms with van der Waals surface area (Å²) in [6.07, 6.45) is 1.22. The summed E-state index contributed by atoms with van der Waals surface area (Å²) >= 11 is 12.4. The number of hydrogen-bond acceptors (Lipinski definition) is 6. The summed E-state index contributed by atoms with van der Waals surface area (Å²) in [4.78, 5) is 19.0. The number of nitrogens with zero attached hydrogens (tertiary/aromatic N) is 1. The van der Waals surface area contributed by atoms with Gasteiger partial charge in [-0.25, -0.2) is 9.78 Å². The Morgan fingerprint density at radius 1 is 1.17 bits per heavy atom. The zero-order chi connectivity index (χ0) is 21.0. The van der Waals surface area contributed by atoms with Gasteiger partial charge in [0, 0.05) is 12.2 Å². The molecule has 1 N–H and O–H groups in total. The summed E-state index contributed by atoms with van der Waals surface area (Å²) in [5.74, 6) is 0.790. The first kappa shape index (κ1) is 21.2. The van der Waals surface area contributed by atoms with Crippen molar-refractivity contribution >= 4 is 29.2 Å². The SMILES string of the molecule is CCOC(=O)c1[nH]c(-c2ncc(-c3ccc(OC(C)OCC)cc3)o2)c(Cl)c1Cl. The van der Waals surface area contributed by atoms with Crippen LogP contribution in [-0.4, -0.2) is 35.4 Å². The fraction of sp³-hybridized carbons (Fsp3) is 0.300. The lowest BCUT2D eigenvalue weighted by atomic mass is 10.2. The van der Waals surface area contributed by atoms with E-state index in [0.717, 1.165) is 5.56 Å². The second kappa shape index (κ2) is 9.35. The molecule has 0 aliphatic carbocycles. The molecular weight excluding hydrogens is 419 g/mol. The lowest BCUT2D eigenvalue weighted by molar-refractivity contribution is -0.0613. The molecule has 0 saturated carbocycles. The Bertz CT molecular complexity index is 981. The van der Waals surface area contributed by atoms with Crippen LogP contribution in [0.4, 0.5) is 0 Å². The number of hydrogen-bond donors (Lipinski definition) is 1. The summed E-state index contributed by atoms with van der Waals surface area (Å²) in [6.45, 7) is 6.22. The smallest absolute Gasteiger partial charge is 0.356 e. The summed E-state index contributed by atoms with van der Waals surface area (Å²) in [6, 6.07) is 7.30. The van der Waals surface area contributed by atoms with Gasteiger partial charge in [-0.05, 0) is 45.0 Å². The molecule has 2 aromatic heterocycles. The maximum absolute atomic E-state index is 12.0. The highest BCUT2D eigenvalue weighted by Gasteiger charge is 2.24. The van der Waals surface area contributed by atoms with Gasteiger partial charge in [-0.2, -0.15) is 0 Å². The second-order valence-corrected chi connectivity index (χ2v) is 6.67. The van der Waals surface area contributed by atoms with E-state index in [0.29, 0.717) is 23.8 Å². The van der Waals surface area contributed by atoms with Crippen molar-refractivity contribution in [1.29, 1.82) is 0 Å². The van der Waals surface area contributed by atoms with E-state index in [1.807, 2.05) is 38.1 Å². The molecule has 2 heterocycles. The zero-order valence-electron chi connectivity index (χ0n) is 16.1. The quantitative estimate of drug-likeness (QED) is 0.364. The standard InChI is InChI=1S/C20H20Cl2N2O5/c1-4-26-11(3)28-13-8-6-12(7-9-13)14-10-23-19(29-14)17-15(21)16(22)18(24-17)20(25)27-5-2/h6-11,24H,4-5H2,1-3H3. The number of nitrogens with one attached hydrogen (secondary N) is 1. The fourth-order valence-electron chi connectivity index (χ4n) is 2.63. The number of oxazole rings is 1. The third-order valence-corrected chi connectivity index (χ3v) is 4.78. The molecule has 3 aromatic rings. The average Bonchev–Trinajstić information content (AvgIpc) is 3.29. The number of aromatic nitrogens is 2. The Morgan fingerprint density at radius 3 is 2.55 bits per heavy atom. The van der Waals surface area contributed by atoms with Crippen molar-refractivity contribution < 1.29 is 23.4 Å². The molecule has 0 aliphatic rings. The average molecular weight is 439 g/mol. The van der Waals surface area contributed by atoms with Gasteiger partial charge in [-0.15, -0.1) is 0 Å². The van der Waals surface area contributed by atoms with Crippen LogP contribution in [0.2, 0.25) is 10.0 Å². The molecule has 0 aliphatic heterocycles. The maximum atomic E-state index is 12.0. The monoisotopic (exact) mass is 438 g/mol. The van der Waals surface area contributed by atoms with E-state index in [1.165, 1.54) is 0 Å². The molecule has 1 aromatic carbocycles. The Balaban J connectivity index is 1.81. The minimum Gasteiger partial charge on any atom is -0.465 e. The van der Waals surface area contributed by atoms with E-state index in [4.69, 9.17) is 41.8 Å². The van der Waals surface area contributed by atoms with Gasteiger partial charge in [0.15, 0.2) is 12.1 Å². The van der Waals surface area contributed by atoms with Crippen LogP contribution < -0.4 is 4.74 Å². The molecule has 0 saturated heterocycles. The minimum atomic E-state index is -0.603. The second-order valence-electron chi connectivity index (χ2n) is 5.92. The first-order chi connectivity index (χ1) is 13.9. The molecular formula is C20H20Cl2N2O5. The number of benzene rings is 1. The molecule has 0 radical (unpaired) electrons. The number of ether oxygens (including phenoxy) is 3. The first-order valence-corrected chi connectivity index (χ1v) is 9.79. The minimum absolute atomic E-state index is 0.0539. The molecule has 0 amide bonds. The fourth-order valence-corrected chi connectivity index (χ4v) is 3.07. The highest BCUT2D eigenvalue weighted by molar-refractivity contribution is 6.45. The highest BCUT2D eigenvalue weighted by Crippen LogP contribution is 2.37. The maximum Gasteiger partial charge on any atom is 0.356 e. The van der Waals surface area contributed by atoms with Crippen LogP contribution in [-0.2, 0) is 9.47 Å². The predicted octanol–water partition coefficient (Wildman–Crippen LogP) is 5.58. The van der Waals surface area contributed by atoms with E-state index in [9.17, 15) is 4.79 Å². The summed E-state index contributed by atoms with van der Waals surface area (Å²) < 4.78 is 21.8. The molecule has 154 valence electrons. The number of aromatic amines is 1. The van der Waals surface area contributed by atoms with Crippen molar-refractivity contribution in [3.8, 4) is 28.7 Å². The van der Waals surface area contributed by atoms with E-state index >= 15 is 0 Å². The topological polar surface area (TPSA) is 86.6 Å². The number of rotatable bonds is 8. The first-order valence-electron chi connectivity index (χ1n) is 9.03. The molecule has 7 nitrogen and oxygen atoms in total. The van der Waals surface area contributed by atoms with Gasteiger partial charge in [-0.3, -0.25) is 0 Å². The van der Waals surface area contributed by atoms with Crippen molar-refractivity contribution in [1.82, 2.24) is 9.97 Å². The molecule has 0 spiro atoms. The van der Waals surface area contributed by atoms with Crippen molar-refractivity contribution in [2.45, 2.75) is 27.1 Å². The van der Waals surface area contributed by atoms with Gasteiger partial charge in [0.1, 0.15) is 17.1 Å². The van der Waals surface area contributed by atoms with Gasteiger partial charge < -0.3 is 23.6 Å². The van der Waals surface area contributed by atoms with Crippen LogP contribution in [0.1, 0.15) is 31.3 Å². The third-order valence-electron chi connectivity index (χ3n) is 3.92. The Hall–Kier alpha value is -2.48. The van der Waals surface area contributed by atoms with Crippen LogP contribution in [0.5, 0.6) is 5.75 Å². The lowest BCUT2D eigenvalue weighted by Gasteiger charge is -2.14. The van der Waals surface area contributed by atoms with Crippen molar-refractivity contribution in [3.63, 3.8) is 0 Å². The molecule has 9 heteroatoms. The summed E-state index contributed by atoms with van der Waals surface area (Å²) in [7, 11) is 0. The molecule has 29 heavy (non-hydrogen) atoms. The van der Waals surface area contributed by atoms with Gasteiger partial charge in [0.2, 0.25) is 5.89 Å². The van der Waals surface area contributed by atoms with Gasteiger partial charge in [-0.1, -0.05) is 23.2 Å². The summed E-state index contributed by atoms with van der Waals surface area (Å²) in [5.41, 5.74) is 1.15. The molecule has 1 unspecified atom stereocenters. The Morgan fingerprint density at radius 2 is 1.90 bits per heavy atom. The number of H-pyrrole nitrogens is 1. The van der Waals surface area contributed by atoms with E-state index < -0.39 is 5.97 Å². The van der Waals surface area contributed by atoms with Crippen molar-refractivity contribution in [2.75, 3.05) is 13.2 Å². The highest BCUT2D eigenvalue weighted by atomic mass is 35.5. The van der Waals surface area contributed by atoms with Crippen LogP contribution >= 0.6 is 23.2 Å². The van der Waals surface area contributed by atoms with E-state index in [-0.39, 0.29) is 34.5 Å². The zero-order valence-corrected chi connectivity index (χ0v) is 17.6. The van der Waals surface area contributed by atoms with Crippen LogP contribution in [0.3, 0.4) is 0 Å². The Kier molecular flexibility index (Phi) is 6.84. The summed E-state index contributed by atoms with van der Waals surface area (Å²) in [5, 5.41) is 0.196. The van der Waals surface area contributed by atoms with Gasteiger partial charge in [0.25, 0.3) is 0 Å². The number of halogens is 2. The van der Waals surface area contributed by atoms with Gasteiger partial charge in [0.05, 0.1) is 22.8 Å². The van der Waals surface area contributed by atoms with Crippen molar-refractivity contribution in [2.24, 2.45) is 0 Å². The molecule has 3 rings (SSSR count). The van der Waals surface area contributed by atoms with Crippen LogP contribution in [0, 0.1) is 0 Å². The normalized spacial score (nSPS) is 12.0. The van der Waals surface area contributed by atoms with Gasteiger partial charge >= 0.3 is 5.97 Å². The van der Waals surface area contributed by atoms with Crippen LogP contribution in [0.15, 0.2) is 34.9 Å². The molecule has 0 bridgehead atoms. The number of carbonyl (C=O) groups is 1. The molecule has 1 atom stereocenters. The van der Waals surface area contributed by atoms with E-state index in [1.54, 1.807) is 13.1 Å². The third kappa shape index (κ3) is 4.75. The molecule has 0 fully saturated rings. The van der Waals surface area contributed by atoms with Crippen molar-refractivity contribution in [3.05, 3.63) is 46.2 Å². The largest absolute Gasteiger partial charge is 0.465 e. The van der Waals surface area contributed by atoms with Crippen LogP contribution in [0.25, 0.3) is 22.9 Å². The predicted molar refractivity (Wildman–Crippen MR) is 109 cm³/mol.